The lowest BCUT2D eigenvalue weighted by molar-refractivity contribution is -0.384. The second-order valence-electron chi connectivity index (χ2n) is 5.70. The molecule has 11 heteroatoms. The van der Waals surface area contributed by atoms with E-state index < -0.39 is 23.6 Å². The molecule has 1 heterocycles. The molecule has 9 nitrogen and oxygen atoms in total. The fourth-order valence-electron chi connectivity index (χ4n) is 2.29. The third-order valence-electron chi connectivity index (χ3n) is 3.71. The van der Waals surface area contributed by atoms with Crippen LogP contribution in [-0.2, 0) is 4.74 Å². The van der Waals surface area contributed by atoms with Crippen molar-refractivity contribution >= 4 is 11.7 Å². The summed E-state index contributed by atoms with van der Waals surface area (Å²) in [7, 11) is 0. The van der Waals surface area contributed by atoms with Gasteiger partial charge >= 0.3 is 12.6 Å². The van der Waals surface area contributed by atoms with Crippen LogP contribution < -0.4 is 4.74 Å². The van der Waals surface area contributed by atoms with Gasteiger partial charge in [-0.2, -0.15) is 8.78 Å². The molecule has 0 saturated heterocycles. The van der Waals surface area contributed by atoms with E-state index >= 15 is 0 Å². The number of alkyl halides is 2. The first-order valence-electron chi connectivity index (χ1n) is 8.17. The van der Waals surface area contributed by atoms with Crippen LogP contribution in [0.15, 0.2) is 52.9 Å². The zero-order valence-electron chi connectivity index (χ0n) is 14.8. The maximum absolute atomic E-state index is 12.2. The molecule has 0 aliphatic heterocycles. The number of carbonyl (C=O) groups excluding carboxylic acids is 1. The van der Waals surface area contributed by atoms with Crippen molar-refractivity contribution in [3.05, 3.63) is 70.1 Å². The van der Waals surface area contributed by atoms with E-state index in [1.807, 2.05) is 0 Å². The molecule has 0 aliphatic rings. The van der Waals surface area contributed by atoms with Gasteiger partial charge in [0.1, 0.15) is 5.75 Å². The number of hydrogen-bond donors (Lipinski definition) is 0. The summed E-state index contributed by atoms with van der Waals surface area (Å²) >= 11 is 0. The summed E-state index contributed by atoms with van der Waals surface area (Å²) in [5, 5.41) is 18.3. The summed E-state index contributed by atoms with van der Waals surface area (Å²) < 4.78 is 39.2. The SMILES string of the molecule is C[C@@H](OC(=O)c1ccc(OC(F)F)cc1)c1nnc(-c2ccc([N+](=O)[O-])cc2)o1. The summed E-state index contributed by atoms with van der Waals surface area (Å²) in [6.45, 7) is -1.45. The lowest BCUT2D eigenvalue weighted by atomic mass is 10.2. The number of nitro groups is 1. The van der Waals surface area contributed by atoms with Crippen molar-refractivity contribution in [3.8, 4) is 17.2 Å². The average molecular weight is 405 g/mol. The van der Waals surface area contributed by atoms with E-state index in [0.717, 1.165) is 0 Å². The summed E-state index contributed by atoms with van der Waals surface area (Å²) in [5.41, 5.74) is 0.497. The van der Waals surface area contributed by atoms with Crippen molar-refractivity contribution in [1.29, 1.82) is 0 Å². The van der Waals surface area contributed by atoms with Gasteiger partial charge in [-0.05, 0) is 43.3 Å². The molecule has 0 amide bonds. The maximum atomic E-state index is 12.2. The van der Waals surface area contributed by atoms with E-state index in [2.05, 4.69) is 14.9 Å². The van der Waals surface area contributed by atoms with E-state index in [0.29, 0.717) is 5.56 Å². The van der Waals surface area contributed by atoms with Gasteiger partial charge < -0.3 is 13.9 Å². The largest absolute Gasteiger partial charge is 0.449 e. The van der Waals surface area contributed by atoms with Gasteiger partial charge in [0.05, 0.1) is 10.5 Å². The first-order chi connectivity index (χ1) is 13.8. The number of ether oxygens (including phenoxy) is 2. The smallest absolute Gasteiger partial charge is 0.387 e. The van der Waals surface area contributed by atoms with Gasteiger partial charge in [0.15, 0.2) is 6.10 Å². The predicted molar refractivity (Wildman–Crippen MR) is 93.3 cm³/mol. The Morgan fingerprint density at radius 3 is 2.34 bits per heavy atom. The number of halogens is 2. The molecule has 0 spiro atoms. The van der Waals surface area contributed by atoms with Crippen LogP contribution in [0, 0.1) is 10.1 Å². The lowest BCUT2D eigenvalue weighted by Crippen LogP contribution is -2.10. The van der Waals surface area contributed by atoms with E-state index in [9.17, 15) is 23.7 Å². The van der Waals surface area contributed by atoms with Gasteiger partial charge in [0, 0.05) is 17.7 Å². The van der Waals surface area contributed by atoms with Crippen LogP contribution in [-0.4, -0.2) is 27.7 Å². The highest BCUT2D eigenvalue weighted by Crippen LogP contribution is 2.25. The van der Waals surface area contributed by atoms with Crippen molar-refractivity contribution < 1.29 is 32.4 Å². The van der Waals surface area contributed by atoms with Gasteiger partial charge in [-0.1, -0.05) is 0 Å². The summed E-state index contributed by atoms with van der Waals surface area (Å²) in [6, 6.07) is 10.5. The van der Waals surface area contributed by atoms with Crippen LogP contribution in [0.1, 0.15) is 29.3 Å². The van der Waals surface area contributed by atoms with Crippen molar-refractivity contribution in [2.75, 3.05) is 0 Å². The average Bonchev–Trinajstić information content (AvgIpc) is 3.18. The third kappa shape index (κ3) is 4.89. The standard InChI is InChI=1S/C18H13F2N3O6/c1-10(27-17(24)12-4-8-14(9-5-12)28-18(19)20)15-21-22-16(29-15)11-2-6-13(7-3-11)23(25)26/h2-10,18H,1H3/t10-/m1/s1. The van der Waals surface area contributed by atoms with Crippen LogP contribution >= 0.6 is 0 Å². The molecule has 0 fully saturated rings. The minimum atomic E-state index is -2.96. The second kappa shape index (κ2) is 8.42. The van der Waals surface area contributed by atoms with Gasteiger partial charge in [-0.3, -0.25) is 10.1 Å². The molecule has 0 bridgehead atoms. The molecule has 0 saturated carbocycles. The zero-order chi connectivity index (χ0) is 21.0. The topological polar surface area (TPSA) is 118 Å². The van der Waals surface area contributed by atoms with E-state index in [1.54, 1.807) is 0 Å². The monoisotopic (exact) mass is 405 g/mol. The molecule has 3 aromatic rings. The number of carbonyl (C=O) groups is 1. The molecule has 0 N–H and O–H groups in total. The molecule has 3 rings (SSSR count). The van der Waals surface area contributed by atoms with E-state index in [4.69, 9.17) is 9.15 Å². The van der Waals surface area contributed by atoms with E-state index in [-0.39, 0.29) is 28.8 Å². The van der Waals surface area contributed by atoms with Crippen molar-refractivity contribution in [3.63, 3.8) is 0 Å². The molecule has 150 valence electrons. The first kappa shape index (κ1) is 19.9. The molecule has 1 atom stereocenters. The second-order valence-corrected chi connectivity index (χ2v) is 5.70. The maximum Gasteiger partial charge on any atom is 0.387 e. The van der Waals surface area contributed by atoms with Gasteiger partial charge in [-0.25, -0.2) is 4.79 Å². The molecule has 1 aromatic heterocycles. The number of aromatic nitrogens is 2. The molecule has 29 heavy (non-hydrogen) atoms. The van der Waals surface area contributed by atoms with Crippen LogP contribution in [0.5, 0.6) is 5.75 Å². The Hall–Kier alpha value is -3.89. The molecule has 0 unspecified atom stereocenters. The number of hydrogen-bond acceptors (Lipinski definition) is 8. The minimum Gasteiger partial charge on any atom is -0.449 e. The molecule has 0 radical (unpaired) electrons. The molecular formula is C18H13F2N3O6. The fourth-order valence-corrected chi connectivity index (χ4v) is 2.29. The summed E-state index contributed by atoms with van der Waals surface area (Å²) in [4.78, 5) is 22.3. The van der Waals surface area contributed by atoms with E-state index in [1.165, 1.54) is 55.5 Å². The van der Waals surface area contributed by atoms with Crippen LogP contribution in [0.2, 0.25) is 0 Å². The van der Waals surface area contributed by atoms with Gasteiger partial charge in [0.25, 0.3) is 11.6 Å². The highest BCUT2D eigenvalue weighted by Gasteiger charge is 2.20. The highest BCUT2D eigenvalue weighted by molar-refractivity contribution is 5.89. The number of benzene rings is 2. The number of esters is 1. The van der Waals surface area contributed by atoms with Crippen molar-refractivity contribution in [1.82, 2.24) is 10.2 Å². The Kier molecular flexibility index (Phi) is 5.77. The summed E-state index contributed by atoms with van der Waals surface area (Å²) in [5.74, 6) is -0.693. The Balaban J connectivity index is 1.65. The molecule has 2 aromatic carbocycles. The van der Waals surface area contributed by atoms with Crippen LogP contribution in [0.4, 0.5) is 14.5 Å². The van der Waals surface area contributed by atoms with Crippen molar-refractivity contribution in [2.45, 2.75) is 19.6 Å². The Morgan fingerprint density at radius 1 is 1.10 bits per heavy atom. The number of non-ortho nitro benzene ring substituents is 1. The molecule has 0 aliphatic carbocycles. The summed E-state index contributed by atoms with van der Waals surface area (Å²) in [6.07, 6.45) is -0.890. The van der Waals surface area contributed by atoms with Gasteiger partial charge in [-0.15, -0.1) is 10.2 Å². The Morgan fingerprint density at radius 2 is 1.76 bits per heavy atom. The van der Waals surface area contributed by atoms with Crippen LogP contribution in [0.3, 0.4) is 0 Å². The molecular weight excluding hydrogens is 392 g/mol. The number of nitrogens with zero attached hydrogens (tertiary/aromatic N) is 3. The normalized spacial score (nSPS) is 11.9. The van der Waals surface area contributed by atoms with Gasteiger partial charge in [0.2, 0.25) is 5.89 Å². The van der Waals surface area contributed by atoms with Crippen LogP contribution in [0.25, 0.3) is 11.5 Å². The predicted octanol–water partition coefficient (Wildman–Crippen LogP) is 4.16. The highest BCUT2D eigenvalue weighted by atomic mass is 19.3. The zero-order valence-corrected chi connectivity index (χ0v) is 14.8. The Labute approximate surface area is 162 Å². The first-order valence-corrected chi connectivity index (χ1v) is 8.17. The minimum absolute atomic E-state index is 0.0179. The number of nitro benzene ring substituents is 1. The lowest BCUT2D eigenvalue weighted by Gasteiger charge is -2.10. The third-order valence-corrected chi connectivity index (χ3v) is 3.71. The number of rotatable bonds is 7. The van der Waals surface area contributed by atoms with Crippen molar-refractivity contribution in [2.24, 2.45) is 0 Å². The fraction of sp³-hybridized carbons (Fsp3) is 0.167. The Bertz CT molecular complexity index is 1010. The quantitative estimate of drug-likeness (QED) is 0.327.